The molecule has 1 aromatic carbocycles. The zero-order valence-corrected chi connectivity index (χ0v) is 24.6. The Morgan fingerprint density at radius 3 is 2.52 bits per heavy atom. The molecule has 0 aliphatic carbocycles. The van der Waals surface area contributed by atoms with Crippen LogP contribution in [0.5, 0.6) is 5.75 Å². The molecule has 1 fully saturated rings. The van der Waals surface area contributed by atoms with Crippen LogP contribution >= 0.6 is 0 Å². The van der Waals surface area contributed by atoms with Gasteiger partial charge < -0.3 is 25.0 Å². The number of aromatic nitrogens is 4. The van der Waals surface area contributed by atoms with E-state index in [0.717, 1.165) is 48.3 Å². The van der Waals surface area contributed by atoms with Gasteiger partial charge in [-0.2, -0.15) is 0 Å². The molecule has 40 heavy (non-hydrogen) atoms. The third-order valence-electron chi connectivity index (χ3n) is 6.66. The quantitative estimate of drug-likeness (QED) is 0.346. The molecule has 1 aliphatic rings. The normalized spacial score (nSPS) is 14.6. The summed E-state index contributed by atoms with van der Waals surface area (Å²) in [5.41, 5.74) is 1.86. The maximum atomic E-state index is 12.4. The lowest BCUT2D eigenvalue weighted by atomic mass is 10.1. The first-order valence-electron chi connectivity index (χ1n) is 14.3. The summed E-state index contributed by atoms with van der Waals surface area (Å²) in [6.07, 6.45) is 3.52. The predicted molar refractivity (Wildman–Crippen MR) is 155 cm³/mol. The van der Waals surface area contributed by atoms with Crippen LogP contribution in [0.15, 0.2) is 18.2 Å². The van der Waals surface area contributed by atoms with E-state index >= 15 is 0 Å². The van der Waals surface area contributed by atoms with Gasteiger partial charge in [-0.3, -0.25) is 9.20 Å². The molecule has 0 saturated carbocycles. The Bertz CT molecular complexity index is 1320. The zero-order chi connectivity index (χ0) is 28.9. The van der Waals surface area contributed by atoms with Gasteiger partial charge in [0.1, 0.15) is 23.3 Å². The Hall–Kier alpha value is -3.63. The Kier molecular flexibility index (Phi) is 9.32. The number of ether oxygens (including phenoxy) is 2. The fraction of sp³-hybridized carbons (Fsp3) is 0.621. The number of hydrogen-bond acceptors (Lipinski definition) is 8. The number of piperidine rings is 1. The molecular weight excluding hydrogens is 510 g/mol. The summed E-state index contributed by atoms with van der Waals surface area (Å²) in [5.74, 6) is 2.65. The average molecular weight is 554 g/mol. The van der Waals surface area contributed by atoms with Crippen molar-refractivity contribution in [2.24, 2.45) is 5.92 Å². The summed E-state index contributed by atoms with van der Waals surface area (Å²) in [4.78, 5) is 30.8. The van der Waals surface area contributed by atoms with Crippen molar-refractivity contribution in [2.75, 3.05) is 31.5 Å². The molecular formula is C29H43N7O4. The Morgan fingerprint density at radius 2 is 1.82 bits per heavy atom. The number of aryl methyl sites for hydroxylation is 1. The number of carbonyl (C=O) groups excluding carboxylic acids is 2. The minimum absolute atomic E-state index is 0.00939. The van der Waals surface area contributed by atoms with Crippen molar-refractivity contribution in [3.63, 3.8) is 0 Å². The van der Waals surface area contributed by atoms with Crippen molar-refractivity contribution in [1.29, 1.82) is 0 Å². The van der Waals surface area contributed by atoms with Crippen LogP contribution < -0.4 is 15.4 Å². The lowest BCUT2D eigenvalue weighted by Crippen LogP contribution is -2.44. The van der Waals surface area contributed by atoms with Crippen molar-refractivity contribution in [3.05, 3.63) is 24.0 Å². The molecule has 1 saturated heterocycles. The zero-order valence-electron chi connectivity index (χ0n) is 24.6. The Labute approximate surface area is 236 Å². The Balaban J connectivity index is 1.37. The molecule has 2 aromatic heterocycles. The van der Waals surface area contributed by atoms with Crippen LogP contribution in [0.1, 0.15) is 72.5 Å². The van der Waals surface area contributed by atoms with Crippen molar-refractivity contribution in [3.8, 4) is 5.75 Å². The number of nitrogens with one attached hydrogen (secondary N) is 2. The highest BCUT2D eigenvalue weighted by atomic mass is 16.6. The number of nitrogens with zero attached hydrogens (tertiary/aromatic N) is 5. The summed E-state index contributed by atoms with van der Waals surface area (Å²) in [6.45, 7) is 14.2. The first-order valence-corrected chi connectivity index (χ1v) is 14.3. The van der Waals surface area contributed by atoms with E-state index in [9.17, 15) is 9.59 Å². The van der Waals surface area contributed by atoms with Gasteiger partial charge in [0.05, 0.1) is 11.0 Å². The van der Waals surface area contributed by atoms with Crippen molar-refractivity contribution in [1.82, 2.24) is 29.8 Å². The topological polar surface area (TPSA) is 123 Å². The molecule has 1 aliphatic heterocycles. The van der Waals surface area contributed by atoms with E-state index in [-0.39, 0.29) is 18.1 Å². The first kappa shape index (κ1) is 29.4. The van der Waals surface area contributed by atoms with Gasteiger partial charge in [0.15, 0.2) is 5.82 Å². The van der Waals surface area contributed by atoms with E-state index in [1.807, 2.05) is 64.1 Å². The van der Waals surface area contributed by atoms with Gasteiger partial charge in [-0.25, -0.2) is 9.78 Å². The molecule has 2 amide bonds. The van der Waals surface area contributed by atoms with Gasteiger partial charge in [-0.1, -0.05) is 13.8 Å². The number of unbranched alkanes of at least 4 members (excludes halogenated alkanes) is 1. The van der Waals surface area contributed by atoms with Gasteiger partial charge in [0, 0.05) is 51.5 Å². The number of carbonyl (C=O) groups is 2. The standard InChI is InChI=1S/C29H43N7O4/c1-19(2)17-25(37)30-13-7-8-14-31-26-27-34-33-20(3)36(27)24-10-9-22(18-23(24)32-26)39-21-11-15-35(16-12-21)28(38)40-29(4,5)6/h9-10,18-19,21H,7-8,11-17H2,1-6H3,(H,30,37)(H,31,32). The molecule has 0 spiro atoms. The number of fused-ring (bicyclic) bond motifs is 3. The highest BCUT2D eigenvalue weighted by Crippen LogP contribution is 2.27. The van der Waals surface area contributed by atoms with E-state index in [4.69, 9.17) is 14.5 Å². The van der Waals surface area contributed by atoms with E-state index in [1.165, 1.54) is 0 Å². The number of likely N-dealkylation sites (tertiary alicyclic amines) is 1. The largest absolute Gasteiger partial charge is 0.490 e. The summed E-state index contributed by atoms with van der Waals surface area (Å²) >= 11 is 0. The van der Waals surface area contributed by atoms with Crippen LogP contribution in [0.3, 0.4) is 0 Å². The van der Waals surface area contributed by atoms with Crippen molar-refractivity contribution in [2.45, 2.75) is 85.4 Å². The fourth-order valence-electron chi connectivity index (χ4n) is 4.75. The highest BCUT2D eigenvalue weighted by Gasteiger charge is 2.27. The average Bonchev–Trinajstić information content (AvgIpc) is 3.27. The number of rotatable bonds is 10. The summed E-state index contributed by atoms with van der Waals surface area (Å²) in [6, 6.07) is 5.88. The second-order valence-corrected chi connectivity index (χ2v) is 11.9. The number of amides is 2. The van der Waals surface area contributed by atoms with Gasteiger partial charge >= 0.3 is 6.09 Å². The third-order valence-corrected chi connectivity index (χ3v) is 6.66. The molecule has 4 rings (SSSR count). The molecule has 0 radical (unpaired) electrons. The second-order valence-electron chi connectivity index (χ2n) is 11.9. The molecule has 3 heterocycles. The van der Waals surface area contributed by atoms with Gasteiger partial charge in [-0.05, 0) is 58.6 Å². The lowest BCUT2D eigenvalue weighted by molar-refractivity contribution is -0.121. The summed E-state index contributed by atoms with van der Waals surface area (Å²) < 4.78 is 13.8. The molecule has 11 heteroatoms. The highest BCUT2D eigenvalue weighted by molar-refractivity contribution is 5.84. The van der Waals surface area contributed by atoms with Crippen molar-refractivity contribution < 1.29 is 19.1 Å². The molecule has 218 valence electrons. The summed E-state index contributed by atoms with van der Waals surface area (Å²) in [5, 5.41) is 15.0. The van der Waals surface area contributed by atoms with Crippen LogP contribution in [0, 0.1) is 12.8 Å². The van der Waals surface area contributed by atoms with E-state index in [2.05, 4.69) is 20.8 Å². The van der Waals surface area contributed by atoms with Crippen LogP contribution in [0.4, 0.5) is 10.6 Å². The first-order chi connectivity index (χ1) is 19.0. The fourth-order valence-corrected chi connectivity index (χ4v) is 4.75. The maximum Gasteiger partial charge on any atom is 0.410 e. The third kappa shape index (κ3) is 7.73. The van der Waals surface area contributed by atoms with E-state index < -0.39 is 5.60 Å². The monoisotopic (exact) mass is 553 g/mol. The van der Waals surface area contributed by atoms with Gasteiger partial charge in [0.2, 0.25) is 11.6 Å². The maximum absolute atomic E-state index is 12.4. The van der Waals surface area contributed by atoms with Crippen LogP contribution in [-0.4, -0.2) is 74.4 Å². The molecule has 0 unspecified atom stereocenters. The van der Waals surface area contributed by atoms with E-state index in [1.54, 1.807) is 4.90 Å². The van der Waals surface area contributed by atoms with Crippen LogP contribution in [-0.2, 0) is 9.53 Å². The number of benzene rings is 1. The van der Waals surface area contributed by atoms with Gasteiger partial charge in [-0.15, -0.1) is 10.2 Å². The summed E-state index contributed by atoms with van der Waals surface area (Å²) in [7, 11) is 0. The van der Waals surface area contributed by atoms with Crippen molar-refractivity contribution >= 4 is 34.5 Å². The molecule has 2 N–H and O–H groups in total. The lowest BCUT2D eigenvalue weighted by Gasteiger charge is -2.33. The number of hydrogen-bond donors (Lipinski definition) is 2. The predicted octanol–water partition coefficient (Wildman–Crippen LogP) is 4.72. The van der Waals surface area contributed by atoms with E-state index in [0.29, 0.717) is 50.0 Å². The Morgan fingerprint density at radius 1 is 1.10 bits per heavy atom. The number of anilines is 1. The molecule has 0 atom stereocenters. The second kappa shape index (κ2) is 12.7. The smallest absolute Gasteiger partial charge is 0.410 e. The van der Waals surface area contributed by atoms with Crippen LogP contribution in [0.25, 0.3) is 16.7 Å². The molecule has 0 bridgehead atoms. The minimum atomic E-state index is -0.504. The SMILES string of the molecule is Cc1nnc2c(NCCCCNC(=O)CC(C)C)nc3cc(OC4CCN(C(=O)OC(C)(C)C)CC4)ccc3n12. The van der Waals surface area contributed by atoms with Crippen LogP contribution in [0.2, 0.25) is 0 Å². The van der Waals surface area contributed by atoms with Gasteiger partial charge in [0.25, 0.3) is 0 Å². The molecule has 11 nitrogen and oxygen atoms in total. The molecule has 3 aromatic rings. The minimum Gasteiger partial charge on any atom is -0.490 e.